The summed E-state index contributed by atoms with van der Waals surface area (Å²) >= 11 is 3.40. The lowest BCUT2D eigenvalue weighted by Crippen LogP contribution is -2.24. The van der Waals surface area contributed by atoms with Gasteiger partial charge in [-0.05, 0) is 31.5 Å². The summed E-state index contributed by atoms with van der Waals surface area (Å²) in [7, 11) is 0. The van der Waals surface area contributed by atoms with Crippen LogP contribution in [0, 0.1) is 0 Å². The van der Waals surface area contributed by atoms with Crippen LogP contribution in [0.5, 0.6) is 0 Å². The first kappa shape index (κ1) is 11.3. The number of benzene rings is 1. The normalized spacial score (nSPS) is 19.6. The van der Waals surface area contributed by atoms with Gasteiger partial charge in [0, 0.05) is 15.7 Å². The zero-order valence-corrected chi connectivity index (χ0v) is 10.8. The fourth-order valence-corrected chi connectivity index (χ4v) is 2.15. The van der Waals surface area contributed by atoms with Crippen LogP contribution in [0.1, 0.15) is 25.8 Å². The van der Waals surface area contributed by atoms with E-state index in [0.29, 0.717) is 0 Å². The summed E-state index contributed by atoms with van der Waals surface area (Å²) in [6, 6.07) is 5.56. The van der Waals surface area contributed by atoms with Crippen molar-refractivity contribution in [2.75, 3.05) is 5.32 Å². The van der Waals surface area contributed by atoms with Gasteiger partial charge in [0.2, 0.25) is 5.91 Å². The number of rotatable bonds is 1. The number of hydrogen-bond acceptors (Lipinski definition) is 2. The number of nitrogens with one attached hydrogen (secondary N) is 1. The lowest BCUT2D eigenvalue weighted by Gasteiger charge is -2.08. The molecule has 0 fully saturated rings. The third kappa shape index (κ3) is 2.02. The number of nitrogens with zero attached hydrogens (tertiary/aromatic N) is 1. The monoisotopic (exact) mass is 280 g/mol. The van der Waals surface area contributed by atoms with Crippen LogP contribution in [0.4, 0.5) is 5.69 Å². The quantitative estimate of drug-likeness (QED) is 0.844. The van der Waals surface area contributed by atoms with Gasteiger partial charge >= 0.3 is 0 Å². The summed E-state index contributed by atoms with van der Waals surface area (Å²) < 4.78 is 0.953. The first-order valence-electron chi connectivity index (χ1n) is 5.27. The Morgan fingerprint density at radius 2 is 2.25 bits per heavy atom. The van der Waals surface area contributed by atoms with Crippen LogP contribution in [-0.2, 0) is 4.79 Å². The number of hydrogen-bond donors (Lipinski definition) is 1. The standard InChI is InChI=1S/C12H13BrN2O/c1-3-10-12(16)15-11-6-8(13)4-5-9(11)7(2)14-10/h4-6,10H,3H2,1-2H3,(H,15,16)/t10-/m0/s1. The largest absolute Gasteiger partial charge is 0.324 e. The fourth-order valence-electron chi connectivity index (χ4n) is 1.79. The minimum atomic E-state index is -0.272. The predicted molar refractivity (Wildman–Crippen MR) is 69.1 cm³/mol. The average molecular weight is 281 g/mol. The van der Waals surface area contributed by atoms with Crippen LogP contribution in [-0.4, -0.2) is 17.7 Å². The number of amides is 1. The minimum Gasteiger partial charge on any atom is -0.324 e. The molecule has 0 saturated heterocycles. The summed E-state index contributed by atoms with van der Waals surface area (Å²) in [5.41, 5.74) is 2.73. The van der Waals surface area contributed by atoms with Gasteiger partial charge in [0.25, 0.3) is 0 Å². The van der Waals surface area contributed by atoms with E-state index in [4.69, 9.17) is 0 Å². The second-order valence-electron chi connectivity index (χ2n) is 3.82. The molecule has 1 heterocycles. The van der Waals surface area contributed by atoms with E-state index in [-0.39, 0.29) is 11.9 Å². The van der Waals surface area contributed by atoms with Crippen molar-refractivity contribution in [3.63, 3.8) is 0 Å². The Balaban J connectivity index is 2.51. The van der Waals surface area contributed by atoms with Gasteiger partial charge in [-0.3, -0.25) is 9.79 Å². The van der Waals surface area contributed by atoms with E-state index < -0.39 is 0 Å². The van der Waals surface area contributed by atoms with Gasteiger partial charge in [0.1, 0.15) is 6.04 Å². The molecule has 0 aromatic heterocycles. The van der Waals surface area contributed by atoms with Crippen molar-refractivity contribution in [3.05, 3.63) is 28.2 Å². The zero-order valence-electron chi connectivity index (χ0n) is 9.25. The van der Waals surface area contributed by atoms with E-state index in [9.17, 15) is 4.79 Å². The molecule has 1 N–H and O–H groups in total. The van der Waals surface area contributed by atoms with Gasteiger partial charge in [0.05, 0.1) is 5.69 Å². The first-order chi connectivity index (χ1) is 7.61. The van der Waals surface area contributed by atoms with Gasteiger partial charge in [0.15, 0.2) is 0 Å². The van der Waals surface area contributed by atoms with E-state index in [1.54, 1.807) is 0 Å². The molecule has 2 rings (SSSR count). The highest BCUT2D eigenvalue weighted by molar-refractivity contribution is 9.10. The topological polar surface area (TPSA) is 41.5 Å². The van der Waals surface area contributed by atoms with Gasteiger partial charge in [-0.2, -0.15) is 0 Å². The molecule has 1 atom stereocenters. The van der Waals surface area contributed by atoms with E-state index in [2.05, 4.69) is 26.2 Å². The van der Waals surface area contributed by atoms with Gasteiger partial charge in [-0.15, -0.1) is 0 Å². The molecule has 3 nitrogen and oxygen atoms in total. The Bertz CT molecular complexity index is 468. The van der Waals surface area contributed by atoms with Crippen molar-refractivity contribution in [2.24, 2.45) is 4.99 Å². The van der Waals surface area contributed by atoms with Crippen LogP contribution in [0.15, 0.2) is 27.7 Å². The summed E-state index contributed by atoms with van der Waals surface area (Å²) in [5, 5.41) is 2.91. The van der Waals surface area contributed by atoms with E-state index in [0.717, 1.165) is 27.9 Å². The Morgan fingerprint density at radius 1 is 1.50 bits per heavy atom. The van der Waals surface area contributed by atoms with Crippen molar-refractivity contribution in [1.82, 2.24) is 0 Å². The highest BCUT2D eigenvalue weighted by Gasteiger charge is 2.21. The molecule has 0 spiro atoms. The van der Waals surface area contributed by atoms with Crippen LogP contribution in [0.2, 0.25) is 0 Å². The number of halogens is 1. The van der Waals surface area contributed by atoms with Crippen molar-refractivity contribution >= 4 is 33.2 Å². The van der Waals surface area contributed by atoms with E-state index in [1.165, 1.54) is 0 Å². The smallest absolute Gasteiger partial charge is 0.249 e. The lowest BCUT2D eigenvalue weighted by molar-refractivity contribution is -0.117. The summed E-state index contributed by atoms with van der Waals surface area (Å²) in [6.07, 6.45) is 0.721. The highest BCUT2D eigenvalue weighted by Crippen LogP contribution is 2.25. The lowest BCUT2D eigenvalue weighted by atomic mass is 10.1. The maximum Gasteiger partial charge on any atom is 0.249 e. The fraction of sp³-hybridized carbons (Fsp3) is 0.333. The van der Waals surface area contributed by atoms with E-state index >= 15 is 0 Å². The molecule has 16 heavy (non-hydrogen) atoms. The molecular formula is C12H13BrN2O. The Morgan fingerprint density at radius 3 is 2.94 bits per heavy atom. The second-order valence-corrected chi connectivity index (χ2v) is 4.73. The summed E-state index contributed by atoms with van der Waals surface area (Å²) in [6.45, 7) is 3.91. The van der Waals surface area contributed by atoms with E-state index in [1.807, 2.05) is 32.0 Å². The SMILES string of the molecule is CC[C@@H]1N=C(C)c2ccc(Br)cc2NC1=O. The summed E-state index contributed by atoms with van der Waals surface area (Å²) in [4.78, 5) is 16.3. The van der Waals surface area contributed by atoms with Crippen LogP contribution in [0.3, 0.4) is 0 Å². The third-order valence-corrected chi connectivity index (χ3v) is 3.16. The van der Waals surface area contributed by atoms with Crippen molar-refractivity contribution in [1.29, 1.82) is 0 Å². The molecule has 1 aliphatic heterocycles. The molecule has 1 aromatic carbocycles. The molecule has 0 unspecified atom stereocenters. The highest BCUT2D eigenvalue weighted by atomic mass is 79.9. The van der Waals surface area contributed by atoms with Gasteiger partial charge < -0.3 is 5.32 Å². The predicted octanol–water partition coefficient (Wildman–Crippen LogP) is 2.99. The van der Waals surface area contributed by atoms with Crippen LogP contribution < -0.4 is 5.32 Å². The number of aliphatic imine (C=N–C) groups is 1. The Hall–Kier alpha value is -1.16. The molecule has 4 heteroatoms. The maximum atomic E-state index is 11.8. The van der Waals surface area contributed by atoms with Crippen molar-refractivity contribution in [2.45, 2.75) is 26.3 Å². The van der Waals surface area contributed by atoms with Crippen molar-refractivity contribution < 1.29 is 4.79 Å². The third-order valence-electron chi connectivity index (χ3n) is 2.67. The molecule has 84 valence electrons. The summed E-state index contributed by atoms with van der Waals surface area (Å²) in [5.74, 6) is -0.0290. The average Bonchev–Trinajstić information content (AvgIpc) is 2.35. The second kappa shape index (κ2) is 4.37. The number of benzodiazepines with no additional fused rings is 1. The van der Waals surface area contributed by atoms with Crippen LogP contribution in [0.25, 0.3) is 0 Å². The Kier molecular flexibility index (Phi) is 3.10. The molecule has 0 saturated carbocycles. The molecule has 1 aliphatic rings. The molecule has 0 aliphatic carbocycles. The number of fused-ring (bicyclic) bond motifs is 1. The molecule has 1 aromatic rings. The zero-order chi connectivity index (χ0) is 11.7. The van der Waals surface area contributed by atoms with Gasteiger partial charge in [-0.1, -0.05) is 22.9 Å². The number of carbonyl (C=O) groups excluding carboxylic acids is 1. The molecule has 0 radical (unpaired) electrons. The number of carbonyl (C=O) groups is 1. The van der Waals surface area contributed by atoms with Gasteiger partial charge in [-0.25, -0.2) is 0 Å². The number of anilines is 1. The first-order valence-corrected chi connectivity index (χ1v) is 6.06. The minimum absolute atomic E-state index is 0.0290. The molecule has 1 amide bonds. The molecular weight excluding hydrogens is 268 g/mol. The van der Waals surface area contributed by atoms with Crippen LogP contribution >= 0.6 is 15.9 Å². The van der Waals surface area contributed by atoms with Crippen molar-refractivity contribution in [3.8, 4) is 0 Å². The Labute approximate surface area is 103 Å². The molecule has 0 bridgehead atoms. The maximum absolute atomic E-state index is 11.8.